The monoisotopic (exact) mass is 187 g/mol. The highest BCUT2D eigenvalue weighted by atomic mass is 16.5. The van der Waals surface area contributed by atoms with Crippen molar-refractivity contribution in [3.63, 3.8) is 0 Å². The lowest BCUT2D eigenvalue weighted by molar-refractivity contribution is -0.128. The van der Waals surface area contributed by atoms with Gasteiger partial charge in [-0.05, 0) is 20.4 Å². The van der Waals surface area contributed by atoms with Gasteiger partial charge in [0.25, 0.3) is 0 Å². The van der Waals surface area contributed by atoms with E-state index in [0.717, 1.165) is 13.1 Å². The second-order valence-corrected chi connectivity index (χ2v) is 3.53. The molecule has 0 heterocycles. The van der Waals surface area contributed by atoms with E-state index in [4.69, 9.17) is 4.74 Å². The lowest BCUT2D eigenvalue weighted by atomic mass is 10.1. The van der Waals surface area contributed by atoms with Crippen LogP contribution in [0.25, 0.3) is 0 Å². The van der Waals surface area contributed by atoms with Gasteiger partial charge in [0.15, 0.2) is 5.78 Å². The van der Waals surface area contributed by atoms with Gasteiger partial charge in [-0.3, -0.25) is 4.79 Å². The summed E-state index contributed by atoms with van der Waals surface area (Å²) in [7, 11) is 0. The molecule has 0 bridgehead atoms. The molecule has 0 aliphatic rings. The molecule has 0 rings (SSSR count). The Morgan fingerprint density at radius 1 is 1.38 bits per heavy atom. The van der Waals surface area contributed by atoms with E-state index >= 15 is 0 Å². The maximum atomic E-state index is 11.4. The van der Waals surface area contributed by atoms with Gasteiger partial charge in [-0.25, -0.2) is 0 Å². The van der Waals surface area contributed by atoms with Crippen LogP contribution in [0.4, 0.5) is 0 Å². The topological polar surface area (TPSA) is 38.3 Å². The largest absolute Gasteiger partial charge is 0.371 e. The molecule has 0 spiro atoms. The lowest BCUT2D eigenvalue weighted by Crippen LogP contribution is -2.29. The first-order valence-corrected chi connectivity index (χ1v) is 4.93. The molecule has 0 aliphatic heterocycles. The van der Waals surface area contributed by atoms with E-state index < -0.39 is 0 Å². The quantitative estimate of drug-likeness (QED) is 0.651. The molecule has 0 fully saturated rings. The van der Waals surface area contributed by atoms with E-state index in [1.54, 1.807) is 0 Å². The minimum Gasteiger partial charge on any atom is -0.371 e. The molecule has 0 amide bonds. The van der Waals surface area contributed by atoms with Gasteiger partial charge in [0.05, 0.1) is 6.10 Å². The molecule has 78 valence electrons. The summed E-state index contributed by atoms with van der Waals surface area (Å²) in [5.74, 6) is 0.230. The average molecular weight is 187 g/mol. The first-order chi connectivity index (χ1) is 6.07. The zero-order valence-corrected chi connectivity index (χ0v) is 9.09. The van der Waals surface area contributed by atoms with Crippen molar-refractivity contribution in [1.29, 1.82) is 0 Å². The summed E-state index contributed by atoms with van der Waals surface area (Å²) in [6, 6.07) is 0. The molecule has 0 saturated carbocycles. The second kappa shape index (κ2) is 7.04. The maximum Gasteiger partial charge on any atom is 0.162 e. The van der Waals surface area contributed by atoms with Crippen molar-refractivity contribution in [3.05, 3.63) is 0 Å². The van der Waals surface area contributed by atoms with Crippen molar-refractivity contribution in [1.82, 2.24) is 5.32 Å². The van der Waals surface area contributed by atoms with Crippen LogP contribution in [0.15, 0.2) is 0 Å². The van der Waals surface area contributed by atoms with Crippen LogP contribution in [0.1, 0.15) is 27.7 Å². The number of Topliss-reactive ketones (excluding diaryl/α,β-unsaturated/α-hetero) is 1. The number of hydrogen-bond donors (Lipinski definition) is 1. The molecule has 3 heteroatoms. The predicted octanol–water partition coefficient (Wildman–Crippen LogP) is 1.23. The summed E-state index contributed by atoms with van der Waals surface area (Å²) in [6.07, 6.45) is 0.135. The molecular formula is C10H21NO2. The molecule has 3 nitrogen and oxygen atoms in total. The molecule has 13 heavy (non-hydrogen) atoms. The summed E-state index contributed by atoms with van der Waals surface area (Å²) < 4.78 is 5.23. The third-order valence-corrected chi connectivity index (χ3v) is 1.81. The Labute approximate surface area is 80.8 Å². The third-order valence-electron chi connectivity index (χ3n) is 1.81. The van der Waals surface area contributed by atoms with Crippen LogP contribution in [0.2, 0.25) is 0 Å². The van der Waals surface area contributed by atoms with Gasteiger partial charge in [-0.15, -0.1) is 0 Å². The van der Waals surface area contributed by atoms with Crippen LogP contribution in [-0.4, -0.2) is 31.6 Å². The highest BCUT2D eigenvalue weighted by molar-refractivity contribution is 5.82. The SMILES string of the molecule is CCNCC(C)C(=O)COC(C)C. The van der Waals surface area contributed by atoms with Gasteiger partial charge >= 0.3 is 0 Å². The highest BCUT2D eigenvalue weighted by Gasteiger charge is 2.12. The van der Waals surface area contributed by atoms with Gasteiger partial charge in [-0.1, -0.05) is 13.8 Å². The number of carbonyl (C=O) groups excluding carboxylic acids is 1. The standard InChI is InChI=1S/C10H21NO2/c1-5-11-6-9(4)10(12)7-13-8(2)3/h8-9,11H,5-7H2,1-4H3. The zero-order valence-electron chi connectivity index (χ0n) is 9.09. The number of ketones is 1. The van der Waals surface area contributed by atoms with Crippen LogP contribution >= 0.6 is 0 Å². The molecule has 0 radical (unpaired) electrons. The molecule has 0 aromatic carbocycles. The van der Waals surface area contributed by atoms with Crippen LogP contribution in [-0.2, 0) is 9.53 Å². The van der Waals surface area contributed by atoms with Crippen molar-refractivity contribution in [3.8, 4) is 0 Å². The van der Waals surface area contributed by atoms with Crippen LogP contribution < -0.4 is 5.32 Å². The lowest BCUT2D eigenvalue weighted by Gasteiger charge is -2.12. The maximum absolute atomic E-state index is 11.4. The Hall–Kier alpha value is -0.410. The van der Waals surface area contributed by atoms with Crippen LogP contribution in [0, 0.1) is 5.92 Å². The molecule has 0 saturated heterocycles. The second-order valence-electron chi connectivity index (χ2n) is 3.53. The van der Waals surface area contributed by atoms with Gasteiger partial charge in [-0.2, -0.15) is 0 Å². The Morgan fingerprint density at radius 3 is 2.46 bits per heavy atom. The molecule has 0 aromatic rings. The Morgan fingerprint density at radius 2 is 2.00 bits per heavy atom. The summed E-state index contributed by atoms with van der Waals surface area (Å²) >= 11 is 0. The fourth-order valence-electron chi connectivity index (χ4n) is 0.866. The van der Waals surface area contributed by atoms with E-state index in [2.05, 4.69) is 5.32 Å². The number of nitrogens with one attached hydrogen (secondary N) is 1. The Balaban J connectivity index is 3.57. The molecule has 1 N–H and O–H groups in total. The zero-order chi connectivity index (χ0) is 10.3. The first-order valence-electron chi connectivity index (χ1n) is 4.93. The van der Waals surface area contributed by atoms with E-state index in [9.17, 15) is 4.79 Å². The van der Waals surface area contributed by atoms with Crippen LogP contribution in [0.3, 0.4) is 0 Å². The van der Waals surface area contributed by atoms with Gasteiger partial charge in [0.1, 0.15) is 6.61 Å². The number of ether oxygens (including phenoxy) is 1. The number of carbonyl (C=O) groups is 1. The smallest absolute Gasteiger partial charge is 0.162 e. The molecular weight excluding hydrogens is 166 g/mol. The summed E-state index contributed by atoms with van der Waals surface area (Å²) in [4.78, 5) is 11.4. The van der Waals surface area contributed by atoms with Gasteiger partial charge in [0, 0.05) is 12.5 Å². The molecule has 1 unspecified atom stereocenters. The van der Waals surface area contributed by atoms with Crippen molar-refractivity contribution in [2.75, 3.05) is 19.7 Å². The molecule has 0 aromatic heterocycles. The fourth-order valence-corrected chi connectivity index (χ4v) is 0.866. The van der Waals surface area contributed by atoms with Crippen molar-refractivity contribution in [2.45, 2.75) is 33.8 Å². The summed E-state index contributed by atoms with van der Waals surface area (Å²) in [6.45, 7) is 9.71. The first kappa shape index (κ1) is 12.6. The fraction of sp³-hybridized carbons (Fsp3) is 0.900. The molecule has 0 aliphatic carbocycles. The van der Waals surface area contributed by atoms with Gasteiger partial charge < -0.3 is 10.1 Å². The van der Waals surface area contributed by atoms with Crippen molar-refractivity contribution in [2.24, 2.45) is 5.92 Å². The van der Waals surface area contributed by atoms with E-state index in [1.165, 1.54) is 0 Å². The van der Waals surface area contributed by atoms with Crippen molar-refractivity contribution < 1.29 is 9.53 Å². The average Bonchev–Trinajstić information content (AvgIpc) is 2.10. The third kappa shape index (κ3) is 6.72. The minimum absolute atomic E-state index is 0.0544. The van der Waals surface area contributed by atoms with Gasteiger partial charge in [0.2, 0.25) is 0 Å². The van der Waals surface area contributed by atoms with E-state index in [-0.39, 0.29) is 24.4 Å². The highest BCUT2D eigenvalue weighted by Crippen LogP contribution is 1.97. The minimum atomic E-state index is 0.0544. The van der Waals surface area contributed by atoms with Crippen LogP contribution in [0.5, 0.6) is 0 Å². The Bertz CT molecular complexity index is 146. The summed E-state index contributed by atoms with van der Waals surface area (Å²) in [5.41, 5.74) is 0. The van der Waals surface area contributed by atoms with Crippen molar-refractivity contribution >= 4 is 5.78 Å². The Kier molecular flexibility index (Phi) is 6.82. The van der Waals surface area contributed by atoms with E-state index in [0.29, 0.717) is 0 Å². The molecule has 1 atom stereocenters. The summed E-state index contributed by atoms with van der Waals surface area (Å²) in [5, 5.41) is 3.14. The van der Waals surface area contributed by atoms with E-state index in [1.807, 2.05) is 27.7 Å². The predicted molar refractivity (Wildman–Crippen MR) is 53.8 cm³/mol. The number of rotatable bonds is 7. The normalized spacial score (nSPS) is 13.3. The number of hydrogen-bond acceptors (Lipinski definition) is 3.